The van der Waals surface area contributed by atoms with Crippen molar-refractivity contribution in [2.75, 3.05) is 6.54 Å². The molecule has 0 bridgehead atoms. The standard InChI is InChI=1S/C27H41NO3/c1-15-11-22-23(28-14-15)16(2)26(30-22)10-8-20-19-6-5-17-12-18(29)7-9-24(17,3)21(19)13-27(20)25(26,4)31-27/h5,15-16,18-23,28-29H,6-14H2,1-4H3/t15-,16+,18-,19-,20-,21-,22+,23-,24-,25?,26+,27?/m0/s1. The van der Waals surface area contributed by atoms with E-state index in [9.17, 15) is 5.11 Å². The number of aliphatic hydroxyl groups excluding tert-OH is 1. The molecular formula is C27H41NO3. The number of ether oxygens (including phenoxy) is 2. The Bertz CT molecular complexity index is 842. The Morgan fingerprint density at radius 3 is 2.77 bits per heavy atom. The fourth-order valence-electron chi connectivity index (χ4n) is 10.2. The summed E-state index contributed by atoms with van der Waals surface area (Å²) in [4.78, 5) is 0. The number of allylic oxidation sites excluding steroid dienone is 1. The van der Waals surface area contributed by atoms with Crippen LogP contribution in [0.15, 0.2) is 11.6 Å². The van der Waals surface area contributed by atoms with Gasteiger partial charge >= 0.3 is 0 Å². The third-order valence-electron chi connectivity index (χ3n) is 12.0. The van der Waals surface area contributed by atoms with E-state index in [4.69, 9.17) is 9.47 Å². The lowest BCUT2D eigenvalue weighted by molar-refractivity contribution is -0.122. The molecule has 0 aromatic rings. The molecule has 3 saturated carbocycles. The van der Waals surface area contributed by atoms with E-state index in [-0.39, 0.29) is 28.3 Å². The average Bonchev–Trinajstić information content (AvgIpc) is 3.08. The van der Waals surface area contributed by atoms with Gasteiger partial charge in [-0.15, -0.1) is 0 Å². The summed E-state index contributed by atoms with van der Waals surface area (Å²) in [6, 6.07) is 0.486. The first-order valence-corrected chi connectivity index (χ1v) is 13.2. The van der Waals surface area contributed by atoms with E-state index in [0.717, 1.165) is 38.1 Å². The maximum atomic E-state index is 10.3. The van der Waals surface area contributed by atoms with E-state index >= 15 is 0 Å². The molecule has 12 atom stereocenters. The minimum absolute atomic E-state index is 0.0241. The molecular weight excluding hydrogens is 386 g/mol. The molecule has 2 spiro atoms. The third kappa shape index (κ3) is 2.18. The van der Waals surface area contributed by atoms with Crippen molar-refractivity contribution in [1.29, 1.82) is 0 Å². The molecule has 4 aliphatic carbocycles. The van der Waals surface area contributed by atoms with Gasteiger partial charge in [-0.05, 0) is 93.9 Å². The zero-order valence-electron chi connectivity index (χ0n) is 19.8. The van der Waals surface area contributed by atoms with Crippen LogP contribution in [-0.2, 0) is 9.47 Å². The van der Waals surface area contributed by atoms with Gasteiger partial charge in [-0.3, -0.25) is 0 Å². The monoisotopic (exact) mass is 427 g/mol. The van der Waals surface area contributed by atoms with Crippen LogP contribution in [0.3, 0.4) is 0 Å². The smallest absolute Gasteiger partial charge is 0.125 e. The number of fused-ring (bicyclic) bond motifs is 6. The Balaban J connectivity index is 1.23. The molecule has 4 nitrogen and oxygen atoms in total. The number of aliphatic hydroxyl groups is 1. The van der Waals surface area contributed by atoms with Crippen molar-refractivity contribution in [3.63, 3.8) is 0 Å². The summed E-state index contributed by atoms with van der Waals surface area (Å²) in [5, 5.41) is 14.2. The van der Waals surface area contributed by atoms with E-state index in [1.54, 1.807) is 5.57 Å². The maximum Gasteiger partial charge on any atom is 0.125 e. The number of hydrogen-bond acceptors (Lipinski definition) is 4. The van der Waals surface area contributed by atoms with Crippen molar-refractivity contribution < 1.29 is 14.6 Å². The lowest BCUT2D eigenvalue weighted by Gasteiger charge is -2.49. The Labute approximate surface area is 187 Å². The number of hydrogen-bond donors (Lipinski definition) is 2. The quantitative estimate of drug-likeness (QED) is 0.449. The number of nitrogens with one attached hydrogen (secondary N) is 1. The Kier molecular flexibility index (Phi) is 3.86. The molecule has 7 aliphatic rings. The van der Waals surface area contributed by atoms with Crippen molar-refractivity contribution in [3.8, 4) is 0 Å². The normalized spacial score (nSPS) is 64.1. The van der Waals surface area contributed by atoms with Crippen LogP contribution in [0, 0.1) is 35.0 Å². The van der Waals surface area contributed by atoms with E-state index in [1.807, 2.05) is 0 Å². The van der Waals surface area contributed by atoms with Crippen LogP contribution >= 0.6 is 0 Å². The highest BCUT2D eigenvalue weighted by Crippen LogP contribution is 2.78. The predicted octanol–water partition coefficient (Wildman–Crippen LogP) is 4.21. The first kappa shape index (κ1) is 20.0. The molecule has 2 N–H and O–H groups in total. The minimum Gasteiger partial charge on any atom is -0.393 e. The largest absolute Gasteiger partial charge is 0.393 e. The van der Waals surface area contributed by atoms with E-state index in [2.05, 4.69) is 39.1 Å². The minimum atomic E-state index is -0.132. The van der Waals surface area contributed by atoms with Crippen LogP contribution in [0.4, 0.5) is 0 Å². The van der Waals surface area contributed by atoms with Crippen molar-refractivity contribution in [1.82, 2.24) is 5.32 Å². The van der Waals surface area contributed by atoms with E-state index in [0.29, 0.717) is 35.8 Å². The maximum absolute atomic E-state index is 10.3. The van der Waals surface area contributed by atoms with Gasteiger partial charge in [0.2, 0.25) is 0 Å². The molecule has 4 heteroatoms. The lowest BCUT2D eigenvalue weighted by atomic mass is 9.56. The summed E-state index contributed by atoms with van der Waals surface area (Å²) in [6.45, 7) is 10.9. The summed E-state index contributed by atoms with van der Waals surface area (Å²) in [6.07, 6.45) is 11.8. The molecule has 0 amide bonds. The van der Waals surface area contributed by atoms with Gasteiger partial charge < -0.3 is 19.9 Å². The van der Waals surface area contributed by atoms with Gasteiger partial charge in [-0.2, -0.15) is 0 Å². The van der Waals surface area contributed by atoms with Crippen LogP contribution < -0.4 is 5.32 Å². The molecule has 31 heavy (non-hydrogen) atoms. The molecule has 3 saturated heterocycles. The molecule has 6 fully saturated rings. The molecule has 0 aromatic carbocycles. The Hall–Kier alpha value is -0.420. The van der Waals surface area contributed by atoms with Crippen LogP contribution in [-0.4, -0.2) is 46.7 Å². The Morgan fingerprint density at radius 1 is 1.10 bits per heavy atom. The highest BCUT2D eigenvalue weighted by atomic mass is 16.7. The zero-order chi connectivity index (χ0) is 21.4. The number of piperidine rings is 1. The molecule has 3 heterocycles. The molecule has 172 valence electrons. The second-order valence-corrected chi connectivity index (χ2v) is 13.0. The third-order valence-corrected chi connectivity index (χ3v) is 12.0. The van der Waals surface area contributed by atoms with E-state index in [1.165, 1.54) is 25.7 Å². The topological polar surface area (TPSA) is 54.0 Å². The van der Waals surface area contributed by atoms with Crippen molar-refractivity contribution in [3.05, 3.63) is 11.6 Å². The van der Waals surface area contributed by atoms with Gasteiger partial charge in [0.1, 0.15) is 16.8 Å². The zero-order valence-corrected chi connectivity index (χ0v) is 19.8. The fourth-order valence-corrected chi connectivity index (χ4v) is 10.2. The van der Waals surface area contributed by atoms with Gasteiger partial charge in [0, 0.05) is 12.0 Å². The van der Waals surface area contributed by atoms with Gasteiger partial charge in [-0.25, -0.2) is 0 Å². The number of rotatable bonds is 0. The van der Waals surface area contributed by atoms with Crippen LogP contribution in [0.5, 0.6) is 0 Å². The van der Waals surface area contributed by atoms with Crippen LogP contribution in [0.2, 0.25) is 0 Å². The van der Waals surface area contributed by atoms with Crippen molar-refractivity contribution >= 4 is 0 Å². The van der Waals surface area contributed by atoms with Crippen LogP contribution in [0.1, 0.15) is 79.1 Å². The number of epoxide rings is 1. The van der Waals surface area contributed by atoms with Gasteiger partial charge in [0.15, 0.2) is 0 Å². The second-order valence-electron chi connectivity index (χ2n) is 13.0. The first-order valence-electron chi connectivity index (χ1n) is 13.2. The van der Waals surface area contributed by atoms with Gasteiger partial charge in [0.05, 0.1) is 12.2 Å². The van der Waals surface area contributed by atoms with Gasteiger partial charge in [0.25, 0.3) is 0 Å². The fraction of sp³-hybridized carbons (Fsp3) is 0.926. The predicted molar refractivity (Wildman–Crippen MR) is 120 cm³/mol. The molecule has 0 aromatic heterocycles. The van der Waals surface area contributed by atoms with Crippen molar-refractivity contribution in [2.24, 2.45) is 35.0 Å². The Morgan fingerprint density at radius 2 is 1.94 bits per heavy atom. The summed E-state index contributed by atoms with van der Waals surface area (Å²) in [5.41, 5.74) is 1.59. The first-order chi connectivity index (χ1) is 14.7. The second kappa shape index (κ2) is 5.98. The van der Waals surface area contributed by atoms with Crippen LogP contribution in [0.25, 0.3) is 0 Å². The lowest BCUT2D eigenvalue weighted by Crippen LogP contribution is -2.57. The summed E-state index contributed by atoms with van der Waals surface area (Å²) >= 11 is 0. The molecule has 2 unspecified atom stereocenters. The molecule has 3 aliphatic heterocycles. The molecule has 7 rings (SSSR count). The molecule has 0 radical (unpaired) electrons. The van der Waals surface area contributed by atoms with Crippen molar-refractivity contribution in [2.45, 2.75) is 114 Å². The highest BCUT2D eigenvalue weighted by molar-refractivity contribution is 5.38. The SMILES string of the molecule is C[C@@H]1CN[C@H]2[C@@H](C)[C@@]3(CC[C@H]4[C@@H]5CC=C6C[C@@H](O)CC[C@]6(C)[C@H]5CC45OC53C)O[C@@H]2C1. The van der Waals surface area contributed by atoms with Gasteiger partial charge in [-0.1, -0.05) is 32.4 Å². The average molecular weight is 428 g/mol. The summed E-state index contributed by atoms with van der Waals surface area (Å²) in [5.74, 6) is 3.34. The van der Waals surface area contributed by atoms with E-state index < -0.39 is 0 Å². The summed E-state index contributed by atoms with van der Waals surface area (Å²) < 4.78 is 14.1. The summed E-state index contributed by atoms with van der Waals surface area (Å²) in [7, 11) is 0. The highest BCUT2D eigenvalue weighted by Gasteiger charge is 2.87.